The lowest BCUT2D eigenvalue weighted by atomic mass is 10.1. The van der Waals surface area contributed by atoms with E-state index in [-0.39, 0.29) is 18.0 Å². The van der Waals surface area contributed by atoms with E-state index in [1.165, 1.54) is 31.0 Å². The van der Waals surface area contributed by atoms with Crippen molar-refractivity contribution in [2.75, 3.05) is 18.7 Å². The summed E-state index contributed by atoms with van der Waals surface area (Å²) in [7, 11) is 1.47. The highest BCUT2D eigenvalue weighted by Gasteiger charge is 2.14. The molecule has 0 aliphatic carbocycles. The number of nitriles is 1. The number of nitrogens with zero attached hydrogens (tertiary/aromatic N) is 3. The number of anilines is 1. The van der Waals surface area contributed by atoms with E-state index in [0.29, 0.717) is 32.9 Å². The standard InChI is InChI=1S/C21H17FN4O3S2/c1-28-18-10-13(7-8-17(18)29-12-14-5-3-4-6-16(14)22)9-15(11-23)19(27)24-20-25-21(30-2)26-31-20/h3-10H,12H2,1-2H3,(H,24,25,26,27)/b15-9-. The summed E-state index contributed by atoms with van der Waals surface area (Å²) in [5.41, 5.74) is 0.866. The third-order valence-corrected chi connectivity index (χ3v) is 5.31. The van der Waals surface area contributed by atoms with Gasteiger partial charge in [0, 0.05) is 17.1 Å². The SMILES string of the molecule is COc1cc(/C=C(/C#N)C(=O)Nc2nc(SC)ns2)ccc1OCc1ccccc1F. The van der Waals surface area contributed by atoms with Crippen LogP contribution in [0.2, 0.25) is 0 Å². The third kappa shape index (κ3) is 5.81. The van der Waals surface area contributed by atoms with E-state index in [0.717, 1.165) is 11.5 Å². The Hall–Kier alpha value is -3.42. The highest BCUT2D eigenvalue weighted by molar-refractivity contribution is 7.98. The van der Waals surface area contributed by atoms with Crippen LogP contribution in [0.25, 0.3) is 6.08 Å². The van der Waals surface area contributed by atoms with Crippen LogP contribution in [0.15, 0.2) is 53.2 Å². The fraction of sp³-hybridized carbons (Fsp3) is 0.143. The van der Waals surface area contributed by atoms with Gasteiger partial charge in [0.25, 0.3) is 5.91 Å². The minimum atomic E-state index is -0.592. The van der Waals surface area contributed by atoms with Crippen LogP contribution >= 0.6 is 23.3 Å². The third-order valence-electron chi connectivity index (χ3n) is 4.02. The number of hydrogen-bond donors (Lipinski definition) is 1. The number of ether oxygens (including phenoxy) is 2. The minimum absolute atomic E-state index is 0.0317. The average molecular weight is 457 g/mol. The number of thioether (sulfide) groups is 1. The zero-order valence-electron chi connectivity index (χ0n) is 16.6. The Morgan fingerprint density at radius 1 is 1.32 bits per heavy atom. The van der Waals surface area contributed by atoms with Crippen molar-refractivity contribution in [1.29, 1.82) is 5.26 Å². The predicted octanol–water partition coefficient (Wildman–Crippen LogP) is 4.53. The monoisotopic (exact) mass is 456 g/mol. The second-order valence-corrected chi connectivity index (χ2v) is 7.53. The first-order chi connectivity index (χ1) is 15.0. The molecule has 0 fully saturated rings. The molecule has 1 amide bonds. The summed E-state index contributed by atoms with van der Waals surface area (Å²) in [5.74, 6) is -0.156. The molecule has 0 aliphatic rings. The van der Waals surface area contributed by atoms with Crippen LogP contribution in [0.5, 0.6) is 11.5 Å². The van der Waals surface area contributed by atoms with E-state index >= 15 is 0 Å². The summed E-state index contributed by atoms with van der Waals surface area (Å²) in [6, 6.07) is 13.1. The number of rotatable bonds is 8. The summed E-state index contributed by atoms with van der Waals surface area (Å²) < 4.78 is 28.9. The van der Waals surface area contributed by atoms with E-state index in [1.807, 2.05) is 12.3 Å². The van der Waals surface area contributed by atoms with Gasteiger partial charge >= 0.3 is 0 Å². The maximum absolute atomic E-state index is 13.8. The van der Waals surface area contributed by atoms with Gasteiger partial charge in [-0.15, -0.1) is 0 Å². The maximum Gasteiger partial charge on any atom is 0.268 e. The molecule has 0 unspecified atom stereocenters. The van der Waals surface area contributed by atoms with Gasteiger partial charge in [-0.3, -0.25) is 10.1 Å². The Balaban J connectivity index is 1.75. The second kappa shape index (κ2) is 10.6. The van der Waals surface area contributed by atoms with E-state index in [2.05, 4.69) is 14.7 Å². The summed E-state index contributed by atoms with van der Waals surface area (Å²) in [5, 5.41) is 12.8. The fourth-order valence-corrected chi connectivity index (χ4v) is 3.61. The van der Waals surface area contributed by atoms with Crippen LogP contribution in [0.3, 0.4) is 0 Å². The van der Waals surface area contributed by atoms with Crippen molar-refractivity contribution in [2.24, 2.45) is 0 Å². The van der Waals surface area contributed by atoms with Gasteiger partial charge in [-0.25, -0.2) is 4.39 Å². The molecule has 0 atom stereocenters. The van der Waals surface area contributed by atoms with Gasteiger partial charge in [-0.1, -0.05) is 36.0 Å². The van der Waals surface area contributed by atoms with Gasteiger partial charge in [-0.2, -0.15) is 14.6 Å². The van der Waals surface area contributed by atoms with Crippen LogP contribution in [-0.4, -0.2) is 28.6 Å². The van der Waals surface area contributed by atoms with Crippen molar-refractivity contribution in [1.82, 2.24) is 9.36 Å². The molecule has 1 N–H and O–H groups in total. The maximum atomic E-state index is 13.8. The molecule has 3 aromatic rings. The van der Waals surface area contributed by atoms with Crippen molar-refractivity contribution in [3.8, 4) is 17.6 Å². The van der Waals surface area contributed by atoms with Gasteiger partial charge in [0.15, 0.2) is 11.5 Å². The Morgan fingerprint density at radius 3 is 2.81 bits per heavy atom. The Bertz CT molecular complexity index is 1160. The molecular weight excluding hydrogens is 439 g/mol. The van der Waals surface area contributed by atoms with E-state index in [4.69, 9.17) is 9.47 Å². The van der Waals surface area contributed by atoms with Crippen molar-refractivity contribution in [2.45, 2.75) is 11.8 Å². The van der Waals surface area contributed by atoms with Gasteiger partial charge < -0.3 is 9.47 Å². The molecule has 0 spiro atoms. The highest BCUT2D eigenvalue weighted by atomic mass is 32.2. The predicted molar refractivity (Wildman–Crippen MR) is 118 cm³/mol. The lowest BCUT2D eigenvalue weighted by Crippen LogP contribution is -2.13. The Kier molecular flexibility index (Phi) is 7.59. The molecule has 1 aromatic heterocycles. The van der Waals surface area contributed by atoms with Crippen LogP contribution in [0.4, 0.5) is 9.52 Å². The Morgan fingerprint density at radius 2 is 2.13 bits per heavy atom. The summed E-state index contributed by atoms with van der Waals surface area (Å²) in [6.07, 6.45) is 3.25. The summed E-state index contributed by atoms with van der Waals surface area (Å²) in [6.45, 7) is 0.0317. The van der Waals surface area contributed by atoms with Gasteiger partial charge in [0.05, 0.1) is 7.11 Å². The molecule has 0 bridgehead atoms. The molecule has 0 aliphatic heterocycles. The van der Waals surface area contributed by atoms with Crippen LogP contribution in [0, 0.1) is 17.1 Å². The number of carbonyl (C=O) groups excluding carboxylic acids is 1. The van der Waals surface area contributed by atoms with Crippen LogP contribution < -0.4 is 14.8 Å². The molecule has 31 heavy (non-hydrogen) atoms. The lowest BCUT2D eigenvalue weighted by Gasteiger charge is -2.12. The molecule has 0 radical (unpaired) electrons. The first-order valence-electron chi connectivity index (χ1n) is 8.89. The number of aromatic nitrogens is 2. The number of carbonyl (C=O) groups is 1. The van der Waals surface area contributed by atoms with Gasteiger partial charge in [0.2, 0.25) is 10.3 Å². The van der Waals surface area contributed by atoms with Crippen molar-refractivity contribution in [3.63, 3.8) is 0 Å². The molecule has 0 saturated heterocycles. The molecule has 10 heteroatoms. The zero-order chi connectivity index (χ0) is 22.2. The zero-order valence-corrected chi connectivity index (χ0v) is 18.2. The van der Waals surface area contributed by atoms with Crippen LogP contribution in [0.1, 0.15) is 11.1 Å². The first-order valence-corrected chi connectivity index (χ1v) is 10.9. The quantitative estimate of drug-likeness (QED) is 0.302. The van der Waals surface area contributed by atoms with E-state index in [9.17, 15) is 14.4 Å². The number of hydrogen-bond acceptors (Lipinski definition) is 8. The molecule has 7 nitrogen and oxygen atoms in total. The normalized spacial score (nSPS) is 11.0. The number of methoxy groups -OCH3 is 1. The van der Waals surface area contributed by atoms with Crippen LogP contribution in [-0.2, 0) is 11.4 Å². The Labute approximate surface area is 186 Å². The largest absolute Gasteiger partial charge is 0.493 e. The van der Waals surface area contributed by atoms with Crippen molar-refractivity contribution >= 4 is 40.4 Å². The molecular formula is C21H17FN4O3S2. The second-order valence-electron chi connectivity index (χ2n) is 6.00. The highest BCUT2D eigenvalue weighted by Crippen LogP contribution is 2.30. The number of halogens is 1. The molecule has 0 saturated carbocycles. The first kappa shape index (κ1) is 22.3. The van der Waals surface area contributed by atoms with Crippen molar-refractivity contribution in [3.05, 3.63) is 65.0 Å². The molecule has 3 rings (SSSR count). The van der Waals surface area contributed by atoms with E-state index in [1.54, 1.807) is 36.4 Å². The number of benzene rings is 2. The topological polar surface area (TPSA) is 97.1 Å². The average Bonchev–Trinajstić information content (AvgIpc) is 3.24. The lowest BCUT2D eigenvalue weighted by molar-refractivity contribution is -0.112. The number of nitrogens with one attached hydrogen (secondary N) is 1. The van der Waals surface area contributed by atoms with Crippen molar-refractivity contribution < 1.29 is 18.7 Å². The molecule has 158 valence electrons. The summed E-state index contributed by atoms with van der Waals surface area (Å²) >= 11 is 2.39. The minimum Gasteiger partial charge on any atom is -0.493 e. The summed E-state index contributed by atoms with van der Waals surface area (Å²) in [4.78, 5) is 16.5. The fourth-order valence-electron chi connectivity index (χ4n) is 2.49. The van der Waals surface area contributed by atoms with E-state index < -0.39 is 5.91 Å². The van der Waals surface area contributed by atoms with Gasteiger partial charge in [-0.05, 0) is 36.1 Å². The van der Waals surface area contributed by atoms with Gasteiger partial charge in [0.1, 0.15) is 24.1 Å². The number of amides is 1. The molecule has 1 heterocycles. The molecule has 2 aromatic carbocycles. The smallest absolute Gasteiger partial charge is 0.268 e.